The molecule has 0 aliphatic carbocycles. The number of aromatic amines is 1. The number of hydrogen-bond donors (Lipinski definition) is 1. The Kier molecular flexibility index (Phi) is 6.97. The Morgan fingerprint density at radius 1 is 1.03 bits per heavy atom. The average molecular weight is 587 g/mol. The van der Waals surface area contributed by atoms with Gasteiger partial charge in [-0.1, -0.05) is 34.5 Å². The Balaban J connectivity index is 1.35. The van der Waals surface area contributed by atoms with Crippen molar-refractivity contribution in [2.75, 3.05) is 13.1 Å². The van der Waals surface area contributed by atoms with Gasteiger partial charge in [-0.05, 0) is 49.2 Å². The van der Waals surface area contributed by atoms with Gasteiger partial charge in [-0.3, -0.25) is 4.79 Å². The summed E-state index contributed by atoms with van der Waals surface area (Å²) in [5.41, 5.74) is -0.542. The van der Waals surface area contributed by atoms with Gasteiger partial charge in [-0.2, -0.15) is 17.5 Å². The van der Waals surface area contributed by atoms with Gasteiger partial charge in [0.15, 0.2) is 11.2 Å². The zero-order valence-electron chi connectivity index (χ0n) is 19.4. The lowest BCUT2D eigenvalue weighted by Crippen LogP contribution is -2.38. The normalized spacial score (nSPS) is 15.8. The Morgan fingerprint density at radius 3 is 2.26 bits per heavy atom. The molecule has 1 aliphatic rings. The molecule has 0 atom stereocenters. The number of alkyl halides is 3. The van der Waals surface area contributed by atoms with E-state index in [4.69, 9.17) is 23.2 Å². The van der Waals surface area contributed by atoms with Crippen LogP contribution in [0.25, 0.3) is 11.2 Å². The fourth-order valence-electron chi connectivity index (χ4n) is 4.35. The van der Waals surface area contributed by atoms with Crippen LogP contribution in [0.4, 0.5) is 13.2 Å². The van der Waals surface area contributed by atoms with Crippen LogP contribution in [0, 0.1) is 0 Å². The molecule has 3 heterocycles. The number of aromatic nitrogens is 5. The Morgan fingerprint density at radius 2 is 1.66 bits per heavy atom. The SMILES string of the molecule is O=c1[nH]c(C2CCN(S(=O)(=O)c3ccc(C(F)(F)F)cc3)CC2)nc2c1nnn2Cc1c(Cl)cccc1Cl. The number of piperidine rings is 1. The Labute approximate surface area is 224 Å². The standard InChI is InChI=1S/C23H19Cl2F3N6O3S/c24-17-2-1-3-18(25)16(17)12-34-21-19(31-32-34)22(35)30-20(29-21)13-8-10-33(11-9-13)38(36,37)15-6-4-14(5-7-15)23(26,27)28/h1-7,13H,8-12H2,(H,29,30,35). The summed E-state index contributed by atoms with van der Waals surface area (Å²) in [6.07, 6.45) is -3.88. The van der Waals surface area contributed by atoms with E-state index in [1.807, 2.05) is 0 Å². The molecule has 15 heteroatoms. The first-order valence-corrected chi connectivity index (χ1v) is 13.6. The van der Waals surface area contributed by atoms with Gasteiger partial charge in [0.2, 0.25) is 10.0 Å². The van der Waals surface area contributed by atoms with Crippen LogP contribution in [0.2, 0.25) is 10.0 Å². The van der Waals surface area contributed by atoms with Gasteiger partial charge in [0.1, 0.15) is 5.82 Å². The highest BCUT2D eigenvalue weighted by molar-refractivity contribution is 7.89. The molecule has 0 spiro atoms. The largest absolute Gasteiger partial charge is 0.416 e. The predicted octanol–water partition coefficient (Wildman–Crippen LogP) is 4.46. The van der Waals surface area contributed by atoms with Crippen LogP contribution >= 0.6 is 23.2 Å². The van der Waals surface area contributed by atoms with E-state index in [1.54, 1.807) is 18.2 Å². The van der Waals surface area contributed by atoms with E-state index in [1.165, 1.54) is 8.99 Å². The fraction of sp³-hybridized carbons (Fsp3) is 0.304. The number of fused-ring (bicyclic) bond motifs is 1. The molecule has 1 fully saturated rings. The Bertz CT molecular complexity index is 1640. The molecule has 1 N–H and O–H groups in total. The number of rotatable bonds is 5. The highest BCUT2D eigenvalue weighted by Crippen LogP contribution is 2.32. The highest BCUT2D eigenvalue weighted by Gasteiger charge is 2.34. The zero-order valence-corrected chi connectivity index (χ0v) is 21.7. The van der Waals surface area contributed by atoms with Crippen LogP contribution in [0.5, 0.6) is 0 Å². The van der Waals surface area contributed by atoms with Gasteiger partial charge < -0.3 is 4.98 Å². The van der Waals surface area contributed by atoms with Crippen LogP contribution in [0.15, 0.2) is 52.2 Å². The third-order valence-electron chi connectivity index (χ3n) is 6.42. The third-order valence-corrected chi connectivity index (χ3v) is 9.04. The highest BCUT2D eigenvalue weighted by atomic mass is 35.5. The molecular weight excluding hydrogens is 568 g/mol. The van der Waals surface area contributed by atoms with E-state index < -0.39 is 27.3 Å². The number of benzene rings is 2. The van der Waals surface area contributed by atoms with E-state index >= 15 is 0 Å². The number of nitrogens with zero attached hydrogens (tertiary/aromatic N) is 5. The summed E-state index contributed by atoms with van der Waals surface area (Å²) in [6, 6.07) is 8.47. The van der Waals surface area contributed by atoms with Crippen molar-refractivity contribution < 1.29 is 21.6 Å². The molecule has 0 unspecified atom stereocenters. The summed E-state index contributed by atoms with van der Waals surface area (Å²) < 4.78 is 67.1. The van der Waals surface area contributed by atoms with Gasteiger partial charge in [0.25, 0.3) is 5.56 Å². The maximum atomic E-state index is 13.0. The molecule has 200 valence electrons. The van der Waals surface area contributed by atoms with Crippen molar-refractivity contribution >= 4 is 44.4 Å². The molecule has 5 rings (SSSR count). The minimum atomic E-state index is -4.56. The monoisotopic (exact) mass is 586 g/mol. The van der Waals surface area contributed by atoms with Gasteiger partial charge in [-0.25, -0.2) is 18.1 Å². The molecule has 4 aromatic rings. The maximum Gasteiger partial charge on any atom is 0.416 e. The minimum Gasteiger partial charge on any atom is -0.308 e. The van der Waals surface area contributed by atoms with Crippen LogP contribution < -0.4 is 5.56 Å². The smallest absolute Gasteiger partial charge is 0.308 e. The zero-order chi connectivity index (χ0) is 27.2. The quantitative estimate of drug-likeness (QED) is 0.369. The summed E-state index contributed by atoms with van der Waals surface area (Å²) in [6.45, 7) is 0.333. The van der Waals surface area contributed by atoms with E-state index in [0.29, 0.717) is 34.3 Å². The lowest BCUT2D eigenvalue weighted by Gasteiger charge is -2.30. The van der Waals surface area contributed by atoms with Gasteiger partial charge in [-0.15, -0.1) is 5.10 Å². The summed E-state index contributed by atoms with van der Waals surface area (Å²) in [5.74, 6) is 0.0984. The number of sulfonamides is 1. The molecular formula is C23H19Cl2F3N6O3S. The second-order valence-corrected chi connectivity index (χ2v) is 11.5. The van der Waals surface area contributed by atoms with E-state index in [9.17, 15) is 26.4 Å². The van der Waals surface area contributed by atoms with E-state index in [-0.39, 0.29) is 41.6 Å². The third kappa shape index (κ3) is 5.03. The van der Waals surface area contributed by atoms with Crippen LogP contribution in [0.3, 0.4) is 0 Å². The number of H-pyrrole nitrogens is 1. The second-order valence-electron chi connectivity index (χ2n) is 8.77. The molecule has 1 aliphatic heterocycles. The van der Waals surface area contributed by atoms with Crippen molar-refractivity contribution in [2.24, 2.45) is 0 Å². The van der Waals surface area contributed by atoms with E-state index in [2.05, 4.69) is 20.3 Å². The van der Waals surface area contributed by atoms with Gasteiger partial charge >= 0.3 is 6.18 Å². The first kappa shape index (κ1) is 26.6. The van der Waals surface area contributed by atoms with Crippen LogP contribution in [0.1, 0.15) is 35.7 Å². The molecule has 0 radical (unpaired) electrons. The number of hydrogen-bond acceptors (Lipinski definition) is 6. The molecule has 9 nitrogen and oxygen atoms in total. The molecule has 2 aromatic carbocycles. The lowest BCUT2D eigenvalue weighted by molar-refractivity contribution is -0.137. The Hall–Kier alpha value is -3.00. The van der Waals surface area contributed by atoms with Crippen LogP contribution in [-0.2, 0) is 22.7 Å². The van der Waals surface area contributed by atoms with E-state index in [0.717, 1.165) is 24.3 Å². The molecule has 2 aromatic heterocycles. The van der Waals surface area contributed by atoms with Crippen LogP contribution in [-0.4, -0.2) is 50.8 Å². The number of nitrogens with one attached hydrogen (secondary N) is 1. The molecule has 0 bridgehead atoms. The van der Waals surface area contributed by atoms with Crippen molar-refractivity contribution in [3.63, 3.8) is 0 Å². The summed E-state index contributed by atoms with van der Waals surface area (Å²) in [5, 5.41) is 8.80. The topological polar surface area (TPSA) is 114 Å². The van der Waals surface area contributed by atoms with Crippen molar-refractivity contribution in [2.45, 2.75) is 36.4 Å². The predicted molar refractivity (Wildman–Crippen MR) is 134 cm³/mol. The summed E-state index contributed by atoms with van der Waals surface area (Å²) in [7, 11) is -3.99. The first-order valence-electron chi connectivity index (χ1n) is 11.4. The fourth-order valence-corrected chi connectivity index (χ4v) is 6.34. The van der Waals surface area contributed by atoms with Gasteiger partial charge in [0.05, 0.1) is 17.0 Å². The van der Waals surface area contributed by atoms with Crippen molar-refractivity contribution in [3.8, 4) is 0 Å². The van der Waals surface area contributed by atoms with Crippen molar-refractivity contribution in [1.29, 1.82) is 0 Å². The average Bonchev–Trinajstić information content (AvgIpc) is 3.29. The minimum absolute atomic E-state index is 0.0410. The summed E-state index contributed by atoms with van der Waals surface area (Å²) >= 11 is 12.5. The maximum absolute atomic E-state index is 13.0. The number of halogens is 5. The first-order chi connectivity index (χ1) is 17.9. The lowest BCUT2D eigenvalue weighted by atomic mass is 9.97. The van der Waals surface area contributed by atoms with Gasteiger partial charge in [0, 0.05) is 34.6 Å². The van der Waals surface area contributed by atoms with Crippen molar-refractivity contribution in [3.05, 3.63) is 79.8 Å². The second kappa shape index (κ2) is 9.95. The summed E-state index contributed by atoms with van der Waals surface area (Å²) in [4.78, 5) is 19.8. The molecule has 0 saturated carbocycles. The molecule has 1 saturated heterocycles. The molecule has 38 heavy (non-hydrogen) atoms. The van der Waals surface area contributed by atoms with Crippen molar-refractivity contribution in [1.82, 2.24) is 29.3 Å². The molecule has 0 amide bonds.